The van der Waals surface area contributed by atoms with Crippen molar-refractivity contribution in [3.05, 3.63) is 95.7 Å². The van der Waals surface area contributed by atoms with Crippen LogP contribution in [-0.4, -0.2) is 35.0 Å². The molecule has 0 atom stereocenters. The van der Waals surface area contributed by atoms with Crippen molar-refractivity contribution in [3.8, 4) is 5.69 Å². The van der Waals surface area contributed by atoms with Gasteiger partial charge in [-0.2, -0.15) is 9.40 Å². The van der Waals surface area contributed by atoms with Gasteiger partial charge in [0.2, 0.25) is 15.9 Å². The van der Waals surface area contributed by atoms with Crippen LogP contribution < -0.4 is 5.32 Å². The Labute approximate surface area is 198 Å². The van der Waals surface area contributed by atoms with Crippen LogP contribution in [0.15, 0.2) is 82.3 Å². The van der Waals surface area contributed by atoms with Crippen LogP contribution in [0.5, 0.6) is 0 Å². The highest BCUT2D eigenvalue weighted by molar-refractivity contribution is 7.89. The first-order valence-corrected chi connectivity index (χ1v) is 12.2. The number of hydrogen-bond acceptors (Lipinski definition) is 5. The Morgan fingerprint density at radius 2 is 1.71 bits per heavy atom. The number of para-hydroxylation sites is 1. The van der Waals surface area contributed by atoms with Gasteiger partial charge in [-0.25, -0.2) is 13.1 Å². The Morgan fingerprint density at radius 3 is 2.35 bits per heavy atom. The first-order chi connectivity index (χ1) is 16.3. The summed E-state index contributed by atoms with van der Waals surface area (Å²) in [6, 6.07) is 19.5. The van der Waals surface area contributed by atoms with Gasteiger partial charge in [0.05, 0.1) is 47.0 Å². The van der Waals surface area contributed by atoms with Gasteiger partial charge in [-0.15, -0.1) is 0 Å². The number of aryl methyl sites for hydroxylation is 2. The number of carbonyl (C=O) groups excluding carboxylic acids is 1. The fraction of sp³-hybridized carbons (Fsp3) is 0.200. The van der Waals surface area contributed by atoms with Crippen LogP contribution in [-0.2, 0) is 21.4 Å². The Morgan fingerprint density at radius 1 is 1.00 bits per heavy atom. The summed E-state index contributed by atoms with van der Waals surface area (Å²) in [6.45, 7) is 5.08. The third-order valence-corrected chi connectivity index (χ3v) is 7.25. The van der Waals surface area contributed by atoms with Crippen LogP contribution in [0.3, 0.4) is 0 Å². The summed E-state index contributed by atoms with van der Waals surface area (Å²) in [5.74, 6) is -0.0335. The number of aromatic nitrogens is 2. The number of nitrogens with one attached hydrogen (secondary N) is 1. The van der Waals surface area contributed by atoms with E-state index in [0.717, 1.165) is 21.2 Å². The first kappa shape index (κ1) is 23.5. The van der Waals surface area contributed by atoms with Gasteiger partial charge in [-0.3, -0.25) is 4.79 Å². The number of carbonyl (C=O) groups is 1. The molecule has 176 valence electrons. The molecule has 0 unspecified atom stereocenters. The van der Waals surface area contributed by atoms with E-state index < -0.39 is 15.9 Å². The molecule has 9 heteroatoms. The summed E-state index contributed by atoms with van der Waals surface area (Å²) in [5.41, 5.74) is 3.74. The Bertz CT molecular complexity index is 1380. The predicted octanol–water partition coefficient (Wildman–Crippen LogP) is 4.22. The Balaban J connectivity index is 1.59. The van der Waals surface area contributed by atoms with Crippen molar-refractivity contribution in [2.45, 2.75) is 32.2 Å². The molecule has 8 nitrogen and oxygen atoms in total. The predicted molar refractivity (Wildman–Crippen MR) is 129 cm³/mol. The van der Waals surface area contributed by atoms with E-state index in [4.69, 9.17) is 4.42 Å². The number of furan rings is 1. The molecule has 1 amide bonds. The van der Waals surface area contributed by atoms with Gasteiger partial charge in [0.25, 0.3) is 0 Å². The van der Waals surface area contributed by atoms with Gasteiger partial charge >= 0.3 is 0 Å². The van der Waals surface area contributed by atoms with Crippen molar-refractivity contribution in [2.24, 2.45) is 0 Å². The maximum absolute atomic E-state index is 13.4. The maximum Gasteiger partial charge on any atom is 0.243 e. The molecule has 0 spiro atoms. The number of benzene rings is 2. The second-order valence-electron chi connectivity index (χ2n) is 8.01. The van der Waals surface area contributed by atoms with Crippen LogP contribution in [0.2, 0.25) is 0 Å². The van der Waals surface area contributed by atoms with Crippen LogP contribution in [0, 0.1) is 20.8 Å². The number of sulfonamides is 1. The zero-order chi connectivity index (χ0) is 24.3. The summed E-state index contributed by atoms with van der Waals surface area (Å²) in [5, 5.41) is 7.39. The molecule has 2 heterocycles. The maximum atomic E-state index is 13.4. The lowest BCUT2D eigenvalue weighted by molar-refractivity contribution is -0.116. The fourth-order valence-electron chi connectivity index (χ4n) is 3.64. The molecule has 1 N–H and O–H groups in total. The van der Waals surface area contributed by atoms with Crippen LogP contribution >= 0.6 is 0 Å². The minimum Gasteiger partial charge on any atom is -0.468 e. The second-order valence-corrected chi connectivity index (χ2v) is 9.94. The fourth-order valence-corrected chi connectivity index (χ4v) is 5.01. The average Bonchev–Trinajstić information content (AvgIpc) is 3.43. The van der Waals surface area contributed by atoms with Crippen molar-refractivity contribution in [1.82, 2.24) is 14.1 Å². The van der Waals surface area contributed by atoms with Crippen molar-refractivity contribution >= 4 is 21.6 Å². The molecule has 0 saturated carbocycles. The molecule has 0 bridgehead atoms. The van der Waals surface area contributed by atoms with E-state index in [-0.39, 0.29) is 18.0 Å². The number of amides is 1. The molecule has 4 aromatic rings. The van der Waals surface area contributed by atoms with Crippen molar-refractivity contribution < 1.29 is 17.6 Å². The molecule has 0 fully saturated rings. The summed E-state index contributed by atoms with van der Waals surface area (Å²) in [6.07, 6.45) is 1.47. The van der Waals surface area contributed by atoms with E-state index in [1.54, 1.807) is 35.9 Å². The monoisotopic (exact) mass is 478 g/mol. The Kier molecular flexibility index (Phi) is 6.67. The van der Waals surface area contributed by atoms with E-state index in [1.165, 1.54) is 18.4 Å². The lowest BCUT2D eigenvalue weighted by Gasteiger charge is -2.21. The molecule has 0 radical (unpaired) electrons. The van der Waals surface area contributed by atoms with Gasteiger partial charge in [0.1, 0.15) is 5.76 Å². The SMILES string of the molecule is Cc1ccc(S(=O)(=O)N(CC(=O)Nc2c(C)nn(-c3ccccc3)c2C)Cc2ccco2)cc1. The zero-order valence-electron chi connectivity index (χ0n) is 19.2. The van der Waals surface area contributed by atoms with Gasteiger partial charge < -0.3 is 9.73 Å². The molecular formula is C25H26N4O4S. The molecule has 2 aromatic heterocycles. The third-order valence-electron chi connectivity index (χ3n) is 5.45. The normalized spacial score (nSPS) is 11.6. The van der Waals surface area contributed by atoms with E-state index in [2.05, 4.69) is 10.4 Å². The second kappa shape index (κ2) is 9.66. The minimum absolute atomic E-state index is 0.0716. The van der Waals surface area contributed by atoms with E-state index in [9.17, 15) is 13.2 Å². The molecule has 0 aliphatic carbocycles. The number of nitrogens with zero attached hydrogens (tertiary/aromatic N) is 3. The topological polar surface area (TPSA) is 97.4 Å². The van der Waals surface area contributed by atoms with Crippen LogP contribution in [0.25, 0.3) is 5.69 Å². The minimum atomic E-state index is -3.95. The summed E-state index contributed by atoms with van der Waals surface area (Å²) in [7, 11) is -3.95. The highest BCUT2D eigenvalue weighted by Gasteiger charge is 2.28. The third kappa shape index (κ3) is 4.95. The van der Waals surface area contributed by atoms with Gasteiger partial charge in [0.15, 0.2) is 0 Å². The molecule has 0 aliphatic heterocycles. The molecule has 0 saturated heterocycles. The lowest BCUT2D eigenvalue weighted by Crippen LogP contribution is -2.37. The van der Waals surface area contributed by atoms with Crippen molar-refractivity contribution in [1.29, 1.82) is 0 Å². The zero-order valence-corrected chi connectivity index (χ0v) is 20.0. The van der Waals surface area contributed by atoms with Gasteiger partial charge in [-0.05, 0) is 57.2 Å². The summed E-state index contributed by atoms with van der Waals surface area (Å²) < 4.78 is 34.9. The average molecular weight is 479 g/mol. The molecule has 0 aliphatic rings. The van der Waals surface area contributed by atoms with E-state index >= 15 is 0 Å². The lowest BCUT2D eigenvalue weighted by atomic mass is 10.2. The molecule has 4 rings (SSSR count). The Hall–Kier alpha value is -3.69. The van der Waals surface area contributed by atoms with Crippen molar-refractivity contribution in [3.63, 3.8) is 0 Å². The van der Waals surface area contributed by atoms with E-state index in [0.29, 0.717) is 17.1 Å². The highest BCUT2D eigenvalue weighted by atomic mass is 32.2. The smallest absolute Gasteiger partial charge is 0.243 e. The largest absolute Gasteiger partial charge is 0.468 e. The molecular weight excluding hydrogens is 452 g/mol. The quantitative estimate of drug-likeness (QED) is 0.409. The molecule has 2 aromatic carbocycles. The summed E-state index contributed by atoms with van der Waals surface area (Å²) >= 11 is 0. The van der Waals surface area contributed by atoms with Crippen LogP contribution in [0.4, 0.5) is 5.69 Å². The number of hydrogen-bond donors (Lipinski definition) is 1. The summed E-state index contributed by atoms with van der Waals surface area (Å²) in [4.78, 5) is 13.2. The van der Waals surface area contributed by atoms with Gasteiger partial charge in [0, 0.05) is 0 Å². The van der Waals surface area contributed by atoms with E-state index in [1.807, 2.05) is 44.2 Å². The standard InChI is InChI=1S/C25H26N4O4S/c1-18-11-13-23(14-12-18)34(31,32)28(16-22-10-7-15-33-22)17-24(30)26-25-19(2)27-29(20(25)3)21-8-5-4-6-9-21/h4-15H,16-17H2,1-3H3,(H,26,30). The number of rotatable bonds is 8. The van der Waals surface area contributed by atoms with Gasteiger partial charge in [-0.1, -0.05) is 35.9 Å². The first-order valence-electron chi connectivity index (χ1n) is 10.8. The number of anilines is 1. The highest BCUT2D eigenvalue weighted by Crippen LogP contribution is 2.24. The van der Waals surface area contributed by atoms with Crippen molar-refractivity contribution in [2.75, 3.05) is 11.9 Å². The molecule has 34 heavy (non-hydrogen) atoms. The van der Waals surface area contributed by atoms with Crippen LogP contribution in [0.1, 0.15) is 22.7 Å².